The van der Waals surface area contributed by atoms with Crippen molar-refractivity contribution < 1.29 is 9.90 Å². The Morgan fingerprint density at radius 3 is 2.37 bits per heavy atom. The third kappa shape index (κ3) is 3.96. The molecule has 0 aromatic heterocycles. The molecule has 2 amide bonds. The van der Waals surface area contributed by atoms with E-state index in [-0.39, 0.29) is 6.03 Å². The number of hydrogen-bond acceptors (Lipinski definition) is 2. The molecule has 3 N–H and O–H groups in total. The van der Waals surface area contributed by atoms with E-state index in [4.69, 9.17) is 0 Å². The molecule has 104 valence electrons. The Morgan fingerprint density at radius 1 is 1.21 bits per heavy atom. The molecule has 4 nitrogen and oxygen atoms in total. The van der Waals surface area contributed by atoms with Gasteiger partial charge in [0.15, 0.2) is 0 Å². The third-order valence-corrected chi connectivity index (χ3v) is 3.59. The van der Waals surface area contributed by atoms with Crippen LogP contribution in [0.15, 0.2) is 18.2 Å². The van der Waals surface area contributed by atoms with E-state index in [9.17, 15) is 9.90 Å². The second kappa shape index (κ2) is 5.61. The van der Waals surface area contributed by atoms with Gasteiger partial charge >= 0.3 is 6.03 Å². The van der Waals surface area contributed by atoms with Gasteiger partial charge < -0.3 is 15.7 Å². The summed E-state index contributed by atoms with van der Waals surface area (Å²) in [4.78, 5) is 11.8. The summed E-state index contributed by atoms with van der Waals surface area (Å²) in [6.07, 6.45) is 3.63. The van der Waals surface area contributed by atoms with Crippen LogP contribution < -0.4 is 10.6 Å². The Balaban J connectivity index is 1.87. The number of nitrogens with one attached hydrogen (secondary N) is 2. The predicted octanol–water partition coefficient (Wildman–Crippen LogP) is 2.73. The summed E-state index contributed by atoms with van der Waals surface area (Å²) in [6, 6.07) is 5.66. The van der Waals surface area contributed by atoms with Crippen LogP contribution in [0.3, 0.4) is 0 Å². The number of amides is 2. The quantitative estimate of drug-likeness (QED) is 0.784. The highest BCUT2D eigenvalue weighted by molar-refractivity contribution is 5.89. The van der Waals surface area contributed by atoms with Gasteiger partial charge in [-0.1, -0.05) is 18.9 Å². The first-order chi connectivity index (χ1) is 8.97. The molecule has 1 fully saturated rings. The van der Waals surface area contributed by atoms with Crippen LogP contribution in [0, 0.1) is 13.8 Å². The fourth-order valence-corrected chi connectivity index (χ4v) is 2.68. The standard InChI is InChI=1S/C15H22N2O2/c1-11-7-12(2)9-13(8-11)17-14(18)16-10-15(19)5-3-4-6-15/h7-9,19H,3-6,10H2,1-2H3,(H2,16,17,18). The van der Waals surface area contributed by atoms with Crippen LogP contribution in [0.5, 0.6) is 0 Å². The molecule has 1 aromatic carbocycles. The van der Waals surface area contributed by atoms with E-state index >= 15 is 0 Å². The summed E-state index contributed by atoms with van der Waals surface area (Å²) in [5.41, 5.74) is 2.31. The summed E-state index contributed by atoms with van der Waals surface area (Å²) in [5, 5.41) is 15.7. The Hall–Kier alpha value is -1.55. The molecule has 0 spiro atoms. The lowest BCUT2D eigenvalue weighted by molar-refractivity contribution is 0.0506. The third-order valence-electron chi connectivity index (χ3n) is 3.59. The van der Waals surface area contributed by atoms with Crippen molar-refractivity contribution in [2.24, 2.45) is 0 Å². The molecule has 1 aromatic rings. The molecule has 1 saturated carbocycles. The highest BCUT2D eigenvalue weighted by Crippen LogP contribution is 2.28. The van der Waals surface area contributed by atoms with Gasteiger partial charge in [0.25, 0.3) is 0 Å². The van der Waals surface area contributed by atoms with E-state index in [1.54, 1.807) is 0 Å². The first kappa shape index (κ1) is 13.9. The van der Waals surface area contributed by atoms with Crippen molar-refractivity contribution in [3.05, 3.63) is 29.3 Å². The second-order valence-electron chi connectivity index (χ2n) is 5.62. The normalized spacial score (nSPS) is 17.2. The number of rotatable bonds is 3. The Morgan fingerprint density at radius 2 is 1.79 bits per heavy atom. The number of urea groups is 1. The highest BCUT2D eigenvalue weighted by atomic mass is 16.3. The highest BCUT2D eigenvalue weighted by Gasteiger charge is 2.31. The van der Waals surface area contributed by atoms with Gasteiger partial charge in [0.1, 0.15) is 0 Å². The summed E-state index contributed by atoms with van der Waals surface area (Å²) in [5.74, 6) is 0. The van der Waals surface area contributed by atoms with Crippen LogP contribution in [-0.2, 0) is 0 Å². The number of benzene rings is 1. The van der Waals surface area contributed by atoms with Crippen molar-refractivity contribution in [3.8, 4) is 0 Å². The molecular weight excluding hydrogens is 240 g/mol. The molecule has 2 rings (SSSR count). The smallest absolute Gasteiger partial charge is 0.319 e. The Labute approximate surface area is 114 Å². The SMILES string of the molecule is Cc1cc(C)cc(NC(=O)NCC2(O)CCCC2)c1. The number of carbonyl (C=O) groups excluding carboxylic acids is 1. The summed E-state index contributed by atoms with van der Waals surface area (Å²) in [6.45, 7) is 4.32. The number of aliphatic hydroxyl groups is 1. The number of hydrogen-bond donors (Lipinski definition) is 3. The van der Waals surface area contributed by atoms with Crippen molar-refractivity contribution in [3.63, 3.8) is 0 Å². The molecule has 19 heavy (non-hydrogen) atoms. The monoisotopic (exact) mass is 262 g/mol. The molecule has 1 aliphatic carbocycles. The van der Waals surface area contributed by atoms with Crippen molar-refractivity contribution in [2.75, 3.05) is 11.9 Å². The van der Waals surface area contributed by atoms with Gasteiger partial charge in [0.05, 0.1) is 5.60 Å². The van der Waals surface area contributed by atoms with Gasteiger partial charge in [0.2, 0.25) is 0 Å². The van der Waals surface area contributed by atoms with Crippen LogP contribution in [-0.4, -0.2) is 23.3 Å². The maximum Gasteiger partial charge on any atom is 0.319 e. The van der Waals surface area contributed by atoms with E-state index in [0.717, 1.165) is 42.5 Å². The topological polar surface area (TPSA) is 61.4 Å². The van der Waals surface area contributed by atoms with Gasteiger partial charge in [0, 0.05) is 12.2 Å². The van der Waals surface area contributed by atoms with E-state index < -0.39 is 5.60 Å². The second-order valence-corrected chi connectivity index (χ2v) is 5.62. The van der Waals surface area contributed by atoms with Gasteiger partial charge in [-0.05, 0) is 49.9 Å². The van der Waals surface area contributed by atoms with E-state index in [2.05, 4.69) is 16.7 Å². The maximum absolute atomic E-state index is 11.8. The van der Waals surface area contributed by atoms with Crippen LogP contribution in [0.4, 0.5) is 10.5 Å². The molecule has 0 unspecified atom stereocenters. The maximum atomic E-state index is 11.8. The largest absolute Gasteiger partial charge is 0.388 e. The zero-order valence-electron chi connectivity index (χ0n) is 11.6. The van der Waals surface area contributed by atoms with Gasteiger partial charge in [-0.15, -0.1) is 0 Å². The molecule has 0 radical (unpaired) electrons. The molecule has 0 bridgehead atoms. The molecule has 0 atom stereocenters. The summed E-state index contributed by atoms with van der Waals surface area (Å²) in [7, 11) is 0. The molecule has 0 saturated heterocycles. The fourth-order valence-electron chi connectivity index (χ4n) is 2.68. The van der Waals surface area contributed by atoms with E-state index in [1.807, 2.05) is 26.0 Å². The minimum atomic E-state index is -0.708. The van der Waals surface area contributed by atoms with Crippen molar-refractivity contribution >= 4 is 11.7 Å². The van der Waals surface area contributed by atoms with Gasteiger partial charge in [-0.3, -0.25) is 0 Å². The molecular formula is C15H22N2O2. The molecule has 0 heterocycles. The van der Waals surface area contributed by atoms with Crippen molar-refractivity contribution in [1.29, 1.82) is 0 Å². The zero-order valence-corrected chi connectivity index (χ0v) is 11.6. The summed E-state index contributed by atoms with van der Waals surface area (Å²) < 4.78 is 0. The van der Waals surface area contributed by atoms with Crippen LogP contribution in [0.1, 0.15) is 36.8 Å². The van der Waals surface area contributed by atoms with Gasteiger partial charge in [-0.25, -0.2) is 4.79 Å². The minimum Gasteiger partial charge on any atom is -0.388 e. The molecule has 0 aliphatic heterocycles. The molecule has 4 heteroatoms. The Kier molecular flexibility index (Phi) is 4.10. The minimum absolute atomic E-state index is 0.259. The first-order valence-electron chi connectivity index (χ1n) is 6.82. The lowest BCUT2D eigenvalue weighted by Crippen LogP contribution is -2.42. The predicted molar refractivity (Wildman–Crippen MR) is 76.4 cm³/mol. The van der Waals surface area contributed by atoms with Crippen molar-refractivity contribution in [1.82, 2.24) is 5.32 Å². The lowest BCUT2D eigenvalue weighted by atomic mass is 10.0. The molecule has 1 aliphatic rings. The van der Waals surface area contributed by atoms with E-state index in [0.29, 0.717) is 6.54 Å². The lowest BCUT2D eigenvalue weighted by Gasteiger charge is -2.22. The number of carbonyl (C=O) groups is 1. The van der Waals surface area contributed by atoms with Crippen LogP contribution >= 0.6 is 0 Å². The number of anilines is 1. The Bertz CT molecular complexity index is 445. The van der Waals surface area contributed by atoms with Crippen LogP contribution in [0.25, 0.3) is 0 Å². The first-order valence-corrected chi connectivity index (χ1v) is 6.82. The fraction of sp³-hybridized carbons (Fsp3) is 0.533. The summed E-state index contributed by atoms with van der Waals surface area (Å²) >= 11 is 0. The van der Waals surface area contributed by atoms with Crippen molar-refractivity contribution in [2.45, 2.75) is 45.1 Å². The average Bonchev–Trinajstić information content (AvgIpc) is 2.73. The average molecular weight is 262 g/mol. The van der Waals surface area contributed by atoms with E-state index in [1.165, 1.54) is 0 Å². The van der Waals surface area contributed by atoms with Gasteiger partial charge in [-0.2, -0.15) is 0 Å². The zero-order chi connectivity index (χ0) is 13.9. The number of aryl methyl sites for hydroxylation is 2. The van der Waals surface area contributed by atoms with Crippen LogP contribution in [0.2, 0.25) is 0 Å².